The summed E-state index contributed by atoms with van der Waals surface area (Å²) < 4.78 is 23.7. The van der Waals surface area contributed by atoms with Gasteiger partial charge in [-0.2, -0.15) is 0 Å². The molecule has 1 unspecified atom stereocenters. The normalized spacial score (nSPS) is 11.6. The Labute approximate surface area is 241 Å². The quantitative estimate of drug-likeness (QED) is 0.214. The summed E-state index contributed by atoms with van der Waals surface area (Å²) in [5.41, 5.74) is 11.6. The first-order chi connectivity index (χ1) is 18.9. The summed E-state index contributed by atoms with van der Waals surface area (Å²) in [5.74, 6) is -0.0226. The number of nitrogens with one attached hydrogen (secondary N) is 1. The van der Waals surface area contributed by atoms with E-state index >= 15 is 0 Å². The van der Waals surface area contributed by atoms with Crippen molar-refractivity contribution in [3.63, 3.8) is 0 Å². The summed E-state index contributed by atoms with van der Waals surface area (Å²) in [4.78, 5) is 12.9. The van der Waals surface area contributed by atoms with Gasteiger partial charge in [-0.05, 0) is 72.4 Å². The number of carbonyl (C=O) groups excluding carboxylic acids is 1. The Morgan fingerprint density at radius 3 is 2.23 bits per heavy atom. The van der Waals surface area contributed by atoms with E-state index in [2.05, 4.69) is 25.7 Å². The zero-order chi connectivity index (χ0) is 29.4. The van der Waals surface area contributed by atoms with Gasteiger partial charge in [0.1, 0.15) is 0 Å². The van der Waals surface area contributed by atoms with Crippen molar-refractivity contribution in [3.05, 3.63) is 125 Å². The second kappa shape index (κ2) is 13.4. The molecule has 0 heterocycles. The summed E-state index contributed by atoms with van der Waals surface area (Å²) in [6.07, 6.45) is 0.903. The molecule has 8 heteroatoms. The van der Waals surface area contributed by atoms with Crippen LogP contribution in [0.1, 0.15) is 53.2 Å². The minimum atomic E-state index is -3.85. The van der Waals surface area contributed by atoms with Crippen LogP contribution in [0.3, 0.4) is 0 Å². The van der Waals surface area contributed by atoms with Crippen molar-refractivity contribution in [1.29, 1.82) is 0 Å². The van der Waals surface area contributed by atoms with Gasteiger partial charge in [0.25, 0.3) is 5.91 Å². The van der Waals surface area contributed by atoms with Crippen LogP contribution in [0.2, 0.25) is 5.02 Å². The van der Waals surface area contributed by atoms with Gasteiger partial charge >= 0.3 is 0 Å². The van der Waals surface area contributed by atoms with Crippen molar-refractivity contribution in [2.24, 2.45) is 10.9 Å². The second-order valence-electron chi connectivity index (χ2n) is 9.51. The van der Waals surface area contributed by atoms with Crippen LogP contribution in [0.25, 0.3) is 16.8 Å². The van der Waals surface area contributed by atoms with Gasteiger partial charge in [-0.15, -0.1) is 0 Å². The van der Waals surface area contributed by atoms with Gasteiger partial charge < -0.3 is 11.1 Å². The van der Waals surface area contributed by atoms with Crippen LogP contribution in [-0.4, -0.2) is 14.3 Å². The molecule has 0 bridgehead atoms. The van der Waals surface area contributed by atoms with Crippen LogP contribution in [-0.2, 0) is 10.0 Å². The van der Waals surface area contributed by atoms with E-state index in [9.17, 15) is 13.2 Å². The average molecular weight is 576 g/mol. The molecule has 0 radical (unpaired) electrons. The molecular weight excluding hydrogens is 542 g/mol. The number of benzene rings is 4. The Morgan fingerprint density at radius 2 is 1.65 bits per heavy atom. The average Bonchev–Trinajstić information content (AvgIpc) is 2.93. The van der Waals surface area contributed by atoms with Gasteiger partial charge in [-0.25, -0.2) is 13.6 Å². The maximum absolute atomic E-state index is 12.9. The topological polar surface area (TPSA) is 115 Å². The lowest BCUT2D eigenvalue weighted by Crippen LogP contribution is -2.15. The van der Waals surface area contributed by atoms with Crippen LogP contribution >= 0.6 is 11.6 Å². The van der Waals surface area contributed by atoms with E-state index in [-0.39, 0.29) is 16.7 Å². The lowest BCUT2D eigenvalue weighted by atomic mass is 9.93. The Morgan fingerprint density at radius 1 is 0.975 bits per heavy atom. The first kappa shape index (κ1) is 30.6. The third kappa shape index (κ3) is 8.05. The number of rotatable bonds is 7. The highest BCUT2D eigenvalue weighted by atomic mass is 35.5. The van der Waals surface area contributed by atoms with E-state index in [1.165, 1.54) is 11.6 Å². The number of anilines is 1. The predicted molar refractivity (Wildman–Crippen MR) is 166 cm³/mol. The van der Waals surface area contributed by atoms with Gasteiger partial charge in [0.2, 0.25) is 10.0 Å². The van der Waals surface area contributed by atoms with Gasteiger partial charge in [-0.3, -0.25) is 4.79 Å². The zero-order valence-electron chi connectivity index (χ0n) is 22.8. The largest absolute Gasteiger partial charge is 0.399 e. The molecule has 0 saturated heterocycles. The number of aryl methyl sites for hydroxylation is 1. The third-order valence-electron chi connectivity index (χ3n) is 6.44. The van der Waals surface area contributed by atoms with Gasteiger partial charge in [0.15, 0.2) is 0 Å². The van der Waals surface area contributed by atoms with Crippen molar-refractivity contribution in [2.75, 3.05) is 5.32 Å². The molecule has 4 aromatic rings. The summed E-state index contributed by atoms with van der Waals surface area (Å²) in [6, 6.07) is 26.8. The van der Waals surface area contributed by atoms with E-state index in [1.807, 2.05) is 37.3 Å². The molecule has 6 nitrogen and oxygen atoms in total. The van der Waals surface area contributed by atoms with E-state index in [1.54, 1.807) is 54.6 Å². The Kier molecular flexibility index (Phi) is 10.3. The molecule has 0 aliphatic heterocycles. The molecule has 5 N–H and O–H groups in total. The van der Waals surface area contributed by atoms with Crippen molar-refractivity contribution < 1.29 is 13.2 Å². The molecule has 4 aromatic carbocycles. The maximum atomic E-state index is 12.9. The van der Waals surface area contributed by atoms with Gasteiger partial charge in [-0.1, -0.05) is 92.2 Å². The fraction of sp³-hybridized carbons (Fsp3) is 0.156. The predicted octanol–water partition coefficient (Wildman–Crippen LogP) is 7.34. The molecule has 208 valence electrons. The smallest absolute Gasteiger partial charge is 0.256 e. The Bertz CT molecular complexity index is 1620. The van der Waals surface area contributed by atoms with E-state index in [0.29, 0.717) is 33.1 Å². The third-order valence-corrected chi connectivity index (χ3v) is 7.64. The maximum Gasteiger partial charge on any atom is 0.256 e. The molecule has 1 amide bonds. The monoisotopic (exact) mass is 575 g/mol. The summed E-state index contributed by atoms with van der Waals surface area (Å²) in [7, 11) is -3.85. The lowest BCUT2D eigenvalue weighted by molar-refractivity contribution is 0.102. The number of nitrogens with two attached hydrogens (primary N) is 2. The molecule has 4 rings (SSSR count). The number of amides is 1. The number of primary sulfonamides is 1. The van der Waals surface area contributed by atoms with Gasteiger partial charge in [0, 0.05) is 27.5 Å². The number of carbonyl (C=O) groups is 1. The minimum Gasteiger partial charge on any atom is -0.399 e. The minimum absolute atomic E-state index is 0.0545. The van der Waals surface area contributed by atoms with Crippen LogP contribution in [0, 0.1) is 6.92 Å². The van der Waals surface area contributed by atoms with Crippen molar-refractivity contribution in [1.82, 2.24) is 0 Å². The van der Waals surface area contributed by atoms with Crippen LogP contribution in [0.15, 0.2) is 102 Å². The highest BCUT2D eigenvalue weighted by molar-refractivity contribution is 7.89. The molecule has 40 heavy (non-hydrogen) atoms. The first-order valence-electron chi connectivity index (χ1n) is 12.7. The van der Waals surface area contributed by atoms with Gasteiger partial charge in [0.05, 0.1) is 4.90 Å². The molecule has 0 aromatic heterocycles. The van der Waals surface area contributed by atoms with Crippen LogP contribution in [0.4, 0.5) is 5.69 Å². The summed E-state index contributed by atoms with van der Waals surface area (Å²) in [5, 5.41) is 8.71. The zero-order valence-corrected chi connectivity index (χ0v) is 24.4. The highest BCUT2D eigenvalue weighted by Gasteiger charge is 2.17. The van der Waals surface area contributed by atoms with E-state index < -0.39 is 10.0 Å². The van der Waals surface area contributed by atoms with Crippen LogP contribution in [0.5, 0.6) is 0 Å². The Hall–Kier alpha value is -3.91. The first-order valence-corrected chi connectivity index (χ1v) is 14.7. The molecule has 0 spiro atoms. The standard InChI is InChI=1S/C23H23ClN2O3S.C9H11N/c1-3-15(2)19-13-10-17(24)14-21(19)23(27)26-18-11-8-16(9-12-18)20-6-4-5-7-22(20)30(25,28)29;1-7-4-3-5-9(6-7)8(2)10/h4-15H,3H2,1-2H3,(H,26,27)(H2,25,28,29);3-6H,2,10H2,1H3. The van der Waals surface area contributed by atoms with Crippen molar-refractivity contribution >= 4 is 38.9 Å². The lowest BCUT2D eigenvalue weighted by Gasteiger charge is -2.15. The number of hydrogen-bond acceptors (Lipinski definition) is 4. The summed E-state index contributed by atoms with van der Waals surface area (Å²) >= 11 is 6.11. The summed E-state index contributed by atoms with van der Waals surface area (Å²) in [6.45, 7) is 9.81. The number of hydrogen-bond donors (Lipinski definition) is 3. The fourth-order valence-corrected chi connectivity index (χ4v) is 5.04. The molecule has 0 saturated carbocycles. The fourth-order valence-electron chi connectivity index (χ4n) is 4.10. The molecule has 0 aliphatic carbocycles. The van der Waals surface area contributed by atoms with Crippen molar-refractivity contribution in [2.45, 2.75) is 38.0 Å². The molecule has 0 fully saturated rings. The van der Waals surface area contributed by atoms with E-state index in [4.69, 9.17) is 22.5 Å². The SMILES string of the molecule is C=C(N)c1cccc(C)c1.CCC(C)c1ccc(Cl)cc1C(=O)Nc1ccc(-c2ccccc2S(N)(=O)=O)cc1. The molecule has 0 aliphatic rings. The Balaban J connectivity index is 0.000000371. The highest BCUT2D eigenvalue weighted by Crippen LogP contribution is 2.29. The van der Waals surface area contributed by atoms with Crippen LogP contribution < -0.4 is 16.2 Å². The second-order valence-corrected chi connectivity index (χ2v) is 11.5. The molecular formula is C32H34ClN3O3S. The molecule has 1 atom stereocenters. The number of sulfonamides is 1. The number of halogens is 1. The van der Waals surface area contributed by atoms with Crippen molar-refractivity contribution in [3.8, 4) is 11.1 Å². The van der Waals surface area contributed by atoms with E-state index in [0.717, 1.165) is 17.5 Å².